The van der Waals surface area contributed by atoms with Crippen LogP contribution in [0.3, 0.4) is 0 Å². The molecule has 6 heteroatoms. The van der Waals surface area contributed by atoms with Crippen molar-refractivity contribution >= 4 is 5.69 Å². The summed E-state index contributed by atoms with van der Waals surface area (Å²) in [5.41, 5.74) is -0.156. The second kappa shape index (κ2) is 6.59. The standard InChI is InChI=1S/C18H24FNO4/c19-12-2-4-13(5-3-12)20-15-7-6-14(17-23-10-11-24-17)16-18(15,21)8-1-9-22-16/h2-5,14-17,20-21H,1,6-11H2/t14?,15-,16?,18?/m1/s1. The molecule has 2 aliphatic heterocycles. The molecule has 1 aromatic rings. The maximum absolute atomic E-state index is 13.1. The zero-order chi connectivity index (χ0) is 16.6. The molecule has 1 aromatic carbocycles. The van der Waals surface area contributed by atoms with Gasteiger partial charge in [-0.05, 0) is 49.9 Å². The third-order valence-electron chi connectivity index (χ3n) is 5.47. The van der Waals surface area contributed by atoms with E-state index >= 15 is 0 Å². The molecule has 1 aliphatic carbocycles. The summed E-state index contributed by atoms with van der Waals surface area (Å²) in [6, 6.07) is 6.12. The molecule has 3 fully saturated rings. The zero-order valence-corrected chi connectivity index (χ0v) is 13.6. The van der Waals surface area contributed by atoms with Gasteiger partial charge < -0.3 is 24.6 Å². The molecule has 4 rings (SSSR count). The highest BCUT2D eigenvalue weighted by molar-refractivity contribution is 5.45. The van der Waals surface area contributed by atoms with Crippen LogP contribution >= 0.6 is 0 Å². The molecule has 3 unspecified atom stereocenters. The number of nitrogens with one attached hydrogen (secondary N) is 1. The molecule has 132 valence electrons. The van der Waals surface area contributed by atoms with Crippen LogP contribution in [0.5, 0.6) is 0 Å². The molecule has 2 N–H and O–H groups in total. The lowest BCUT2D eigenvalue weighted by Crippen LogP contribution is -2.65. The Morgan fingerprint density at radius 1 is 1.04 bits per heavy atom. The summed E-state index contributed by atoms with van der Waals surface area (Å²) in [7, 11) is 0. The molecule has 1 saturated carbocycles. The van der Waals surface area contributed by atoms with Crippen molar-refractivity contribution in [3.63, 3.8) is 0 Å². The number of anilines is 1. The fourth-order valence-electron chi connectivity index (χ4n) is 4.33. The predicted molar refractivity (Wildman–Crippen MR) is 86.2 cm³/mol. The molecule has 0 amide bonds. The van der Waals surface area contributed by atoms with Crippen LogP contribution < -0.4 is 5.32 Å². The van der Waals surface area contributed by atoms with E-state index in [1.807, 2.05) is 0 Å². The zero-order valence-electron chi connectivity index (χ0n) is 13.6. The topological polar surface area (TPSA) is 60.0 Å². The molecule has 24 heavy (non-hydrogen) atoms. The van der Waals surface area contributed by atoms with Gasteiger partial charge in [0.1, 0.15) is 11.4 Å². The van der Waals surface area contributed by atoms with E-state index in [1.165, 1.54) is 12.1 Å². The van der Waals surface area contributed by atoms with Crippen molar-refractivity contribution in [2.24, 2.45) is 5.92 Å². The minimum atomic E-state index is -0.967. The Morgan fingerprint density at radius 2 is 1.79 bits per heavy atom. The van der Waals surface area contributed by atoms with Gasteiger partial charge in [-0.1, -0.05) is 0 Å². The van der Waals surface area contributed by atoms with Crippen LogP contribution in [-0.4, -0.2) is 49.0 Å². The lowest BCUT2D eigenvalue weighted by Gasteiger charge is -2.52. The van der Waals surface area contributed by atoms with E-state index in [-0.39, 0.29) is 30.2 Å². The highest BCUT2D eigenvalue weighted by Crippen LogP contribution is 2.44. The van der Waals surface area contributed by atoms with E-state index in [2.05, 4.69) is 5.32 Å². The normalized spacial score (nSPS) is 37.2. The number of benzene rings is 1. The first-order valence-electron chi connectivity index (χ1n) is 8.76. The molecule has 0 spiro atoms. The fourth-order valence-corrected chi connectivity index (χ4v) is 4.33. The fraction of sp³-hybridized carbons (Fsp3) is 0.667. The van der Waals surface area contributed by atoms with Gasteiger partial charge in [-0.3, -0.25) is 0 Å². The number of halogens is 1. The third-order valence-corrected chi connectivity index (χ3v) is 5.47. The van der Waals surface area contributed by atoms with E-state index < -0.39 is 5.60 Å². The highest BCUT2D eigenvalue weighted by atomic mass is 19.1. The van der Waals surface area contributed by atoms with Gasteiger partial charge in [0.05, 0.1) is 25.4 Å². The molecule has 5 nitrogen and oxygen atoms in total. The predicted octanol–water partition coefficient (Wildman–Crippen LogP) is 2.30. The van der Waals surface area contributed by atoms with Gasteiger partial charge in [0, 0.05) is 18.2 Å². The number of rotatable bonds is 3. The quantitative estimate of drug-likeness (QED) is 0.886. The summed E-state index contributed by atoms with van der Waals surface area (Å²) in [5.74, 6) is -0.221. The van der Waals surface area contributed by atoms with E-state index in [1.54, 1.807) is 12.1 Å². The Labute approximate surface area is 141 Å². The second-order valence-corrected chi connectivity index (χ2v) is 6.94. The van der Waals surface area contributed by atoms with E-state index in [0.29, 0.717) is 26.2 Å². The maximum atomic E-state index is 13.1. The molecular weight excluding hydrogens is 313 g/mol. The van der Waals surface area contributed by atoms with Crippen LogP contribution in [-0.2, 0) is 14.2 Å². The number of hydrogen-bond acceptors (Lipinski definition) is 5. The van der Waals surface area contributed by atoms with Crippen LogP contribution in [0.15, 0.2) is 24.3 Å². The molecule has 0 radical (unpaired) electrons. The largest absolute Gasteiger partial charge is 0.385 e. The first-order valence-corrected chi connectivity index (χ1v) is 8.76. The van der Waals surface area contributed by atoms with Crippen molar-refractivity contribution in [1.29, 1.82) is 0 Å². The lowest BCUT2D eigenvalue weighted by molar-refractivity contribution is -0.230. The Hall–Kier alpha value is -1.21. The van der Waals surface area contributed by atoms with Crippen LogP contribution in [0, 0.1) is 11.7 Å². The molecule has 4 atom stereocenters. The molecule has 0 bridgehead atoms. The minimum absolute atomic E-state index is 0.0454. The molecule has 0 aromatic heterocycles. The maximum Gasteiger partial charge on any atom is 0.163 e. The van der Waals surface area contributed by atoms with E-state index in [0.717, 1.165) is 24.9 Å². The lowest BCUT2D eigenvalue weighted by atomic mass is 9.68. The summed E-state index contributed by atoms with van der Waals surface area (Å²) in [6.45, 7) is 1.85. The number of hydrogen-bond donors (Lipinski definition) is 2. The Kier molecular flexibility index (Phi) is 4.47. The summed E-state index contributed by atoms with van der Waals surface area (Å²) in [5, 5.41) is 14.8. The van der Waals surface area contributed by atoms with Gasteiger partial charge in [0.2, 0.25) is 0 Å². The molecule has 3 aliphatic rings. The van der Waals surface area contributed by atoms with E-state index in [4.69, 9.17) is 14.2 Å². The average Bonchev–Trinajstić information content (AvgIpc) is 3.11. The summed E-state index contributed by atoms with van der Waals surface area (Å²) in [4.78, 5) is 0. The highest BCUT2D eigenvalue weighted by Gasteiger charge is 2.55. The van der Waals surface area contributed by atoms with Gasteiger partial charge in [0.25, 0.3) is 0 Å². The van der Waals surface area contributed by atoms with Crippen molar-refractivity contribution in [2.75, 3.05) is 25.1 Å². The van der Waals surface area contributed by atoms with Gasteiger partial charge >= 0.3 is 0 Å². The van der Waals surface area contributed by atoms with E-state index in [9.17, 15) is 9.50 Å². The Bertz CT molecular complexity index is 563. The van der Waals surface area contributed by atoms with Gasteiger partial charge in [-0.25, -0.2) is 4.39 Å². The second-order valence-electron chi connectivity index (χ2n) is 6.94. The van der Waals surface area contributed by atoms with Gasteiger partial charge in [0.15, 0.2) is 6.29 Å². The smallest absolute Gasteiger partial charge is 0.163 e. The first kappa shape index (κ1) is 16.3. The average molecular weight is 337 g/mol. The number of fused-ring (bicyclic) bond motifs is 1. The van der Waals surface area contributed by atoms with Gasteiger partial charge in [-0.2, -0.15) is 0 Å². The van der Waals surface area contributed by atoms with Crippen LogP contribution in [0.25, 0.3) is 0 Å². The number of ether oxygens (including phenoxy) is 3. The molecular formula is C18H24FNO4. The van der Waals surface area contributed by atoms with Crippen molar-refractivity contribution < 1.29 is 23.7 Å². The van der Waals surface area contributed by atoms with Crippen LogP contribution in [0.4, 0.5) is 10.1 Å². The number of aliphatic hydroxyl groups is 1. The Morgan fingerprint density at radius 3 is 2.54 bits per heavy atom. The first-order chi connectivity index (χ1) is 11.7. The monoisotopic (exact) mass is 337 g/mol. The van der Waals surface area contributed by atoms with Gasteiger partial charge in [-0.15, -0.1) is 0 Å². The van der Waals surface area contributed by atoms with Crippen molar-refractivity contribution in [3.8, 4) is 0 Å². The molecule has 2 heterocycles. The summed E-state index contributed by atoms with van der Waals surface area (Å²) < 4.78 is 30.5. The minimum Gasteiger partial charge on any atom is -0.385 e. The SMILES string of the molecule is OC12CCCOC1C(C1OCCO1)CC[C@H]2Nc1ccc(F)cc1. The third kappa shape index (κ3) is 2.92. The Balaban J connectivity index is 1.54. The van der Waals surface area contributed by atoms with Crippen LogP contribution in [0.2, 0.25) is 0 Å². The van der Waals surface area contributed by atoms with Crippen molar-refractivity contribution in [3.05, 3.63) is 30.1 Å². The molecule has 2 saturated heterocycles. The van der Waals surface area contributed by atoms with Crippen LogP contribution in [0.1, 0.15) is 25.7 Å². The summed E-state index contributed by atoms with van der Waals surface area (Å²) in [6.07, 6.45) is 2.57. The van der Waals surface area contributed by atoms with Crippen molar-refractivity contribution in [1.82, 2.24) is 0 Å². The van der Waals surface area contributed by atoms with Crippen molar-refractivity contribution in [2.45, 2.75) is 49.7 Å². The summed E-state index contributed by atoms with van der Waals surface area (Å²) >= 11 is 0.